The zero-order valence-corrected chi connectivity index (χ0v) is 21.2. The number of nitrogens with zero attached hydrogens (tertiary/aromatic N) is 2. The van der Waals surface area contributed by atoms with Gasteiger partial charge in [0, 0.05) is 29.1 Å². The molecule has 1 saturated heterocycles. The maximum Gasteiger partial charge on any atom is 0.337 e. The number of esters is 1. The van der Waals surface area contributed by atoms with Crippen LogP contribution in [0.5, 0.6) is 0 Å². The summed E-state index contributed by atoms with van der Waals surface area (Å²) in [6.07, 6.45) is 3.56. The molecule has 0 saturated carbocycles. The summed E-state index contributed by atoms with van der Waals surface area (Å²) < 4.78 is 32.6. The summed E-state index contributed by atoms with van der Waals surface area (Å²) >= 11 is 1.27. The third-order valence-electron chi connectivity index (χ3n) is 6.09. The van der Waals surface area contributed by atoms with Gasteiger partial charge in [0.25, 0.3) is 5.91 Å². The van der Waals surface area contributed by atoms with E-state index in [2.05, 4.69) is 10.3 Å². The first kappa shape index (κ1) is 25.0. The molecular weight excluding hydrogens is 486 g/mol. The summed E-state index contributed by atoms with van der Waals surface area (Å²) in [5.74, 6) is -0.789. The second-order valence-electron chi connectivity index (χ2n) is 8.26. The summed E-state index contributed by atoms with van der Waals surface area (Å²) in [6.45, 7) is 2.54. The van der Waals surface area contributed by atoms with Crippen molar-refractivity contribution in [3.05, 3.63) is 65.0 Å². The minimum absolute atomic E-state index is 0.0208. The fraction of sp³-hybridized carbons (Fsp3) is 0.320. The van der Waals surface area contributed by atoms with Gasteiger partial charge >= 0.3 is 5.97 Å². The number of carbonyl (C=O) groups excluding carboxylic acids is 2. The fourth-order valence-corrected chi connectivity index (χ4v) is 6.62. The number of thiazole rings is 1. The predicted octanol–water partition coefficient (Wildman–Crippen LogP) is 4.80. The van der Waals surface area contributed by atoms with Gasteiger partial charge in [0.05, 0.1) is 23.3 Å². The van der Waals surface area contributed by atoms with E-state index in [-0.39, 0.29) is 16.8 Å². The molecular formula is C25H27N3O5S2. The van der Waals surface area contributed by atoms with Crippen LogP contribution in [0.25, 0.3) is 11.3 Å². The third kappa shape index (κ3) is 5.44. The van der Waals surface area contributed by atoms with Crippen molar-refractivity contribution in [2.75, 3.05) is 19.0 Å². The zero-order chi connectivity index (χ0) is 25.0. The summed E-state index contributed by atoms with van der Waals surface area (Å²) in [5, 5.41) is 4.98. The van der Waals surface area contributed by atoms with E-state index in [0.29, 0.717) is 28.5 Å². The van der Waals surface area contributed by atoms with E-state index in [1.54, 1.807) is 34.0 Å². The van der Waals surface area contributed by atoms with Crippen molar-refractivity contribution in [1.29, 1.82) is 0 Å². The molecule has 1 atom stereocenters. The van der Waals surface area contributed by atoms with Crippen molar-refractivity contribution in [2.24, 2.45) is 0 Å². The van der Waals surface area contributed by atoms with Crippen LogP contribution in [0.3, 0.4) is 0 Å². The Bertz CT molecular complexity index is 1300. The Labute approximate surface area is 209 Å². The Morgan fingerprint density at radius 1 is 1.09 bits per heavy atom. The molecule has 1 fully saturated rings. The molecule has 2 heterocycles. The Kier molecular flexibility index (Phi) is 7.63. The molecule has 1 aliphatic rings. The molecule has 1 aliphatic heterocycles. The molecule has 3 aromatic rings. The van der Waals surface area contributed by atoms with Crippen LogP contribution in [0, 0.1) is 0 Å². The number of benzene rings is 2. The molecule has 0 bridgehead atoms. The minimum Gasteiger partial charge on any atom is -0.465 e. The van der Waals surface area contributed by atoms with E-state index >= 15 is 0 Å². The van der Waals surface area contributed by atoms with Crippen LogP contribution >= 0.6 is 11.3 Å². The molecule has 184 valence electrons. The molecule has 1 aromatic heterocycles. The third-order valence-corrected chi connectivity index (χ3v) is 8.82. The highest BCUT2D eigenvalue weighted by Crippen LogP contribution is 2.28. The van der Waals surface area contributed by atoms with Gasteiger partial charge < -0.3 is 4.74 Å². The topological polar surface area (TPSA) is 106 Å². The average Bonchev–Trinajstić information content (AvgIpc) is 3.36. The van der Waals surface area contributed by atoms with Crippen molar-refractivity contribution in [2.45, 2.75) is 43.5 Å². The number of rotatable bonds is 7. The number of piperidine rings is 1. The number of anilines is 1. The summed E-state index contributed by atoms with van der Waals surface area (Å²) in [5.41, 5.74) is 2.24. The van der Waals surface area contributed by atoms with Crippen molar-refractivity contribution < 1.29 is 22.7 Å². The lowest BCUT2D eigenvalue weighted by molar-refractivity contribution is 0.0600. The number of methoxy groups -OCH3 is 1. The first-order valence-electron chi connectivity index (χ1n) is 11.4. The normalized spacial score (nSPS) is 16.6. The second kappa shape index (κ2) is 10.7. The molecule has 2 aromatic carbocycles. The van der Waals surface area contributed by atoms with Crippen LogP contribution in [-0.4, -0.2) is 49.3 Å². The van der Waals surface area contributed by atoms with E-state index in [9.17, 15) is 18.0 Å². The molecule has 0 aliphatic carbocycles. The maximum absolute atomic E-state index is 13.1. The number of hydrogen-bond acceptors (Lipinski definition) is 7. The lowest BCUT2D eigenvalue weighted by atomic mass is 10.0. The molecule has 1 N–H and O–H groups in total. The van der Waals surface area contributed by atoms with Crippen LogP contribution < -0.4 is 5.32 Å². The van der Waals surface area contributed by atoms with Crippen LogP contribution in [-0.2, 0) is 14.8 Å². The highest BCUT2D eigenvalue weighted by Gasteiger charge is 2.32. The number of amides is 1. The van der Waals surface area contributed by atoms with Crippen LogP contribution in [0.1, 0.15) is 53.3 Å². The lowest BCUT2D eigenvalue weighted by Crippen LogP contribution is -2.43. The average molecular weight is 514 g/mol. The number of sulfonamides is 1. The SMILES string of the molecule is CCC1CCCCN1S(=O)(=O)c1ccc(C(=O)Nc2nc(-c3ccc(C(=O)OC)cc3)cs2)cc1. The first-order chi connectivity index (χ1) is 16.8. The van der Waals surface area contributed by atoms with Crippen LogP contribution in [0.4, 0.5) is 5.13 Å². The fourth-order valence-electron chi connectivity index (χ4n) is 4.14. The standard InChI is InChI=1S/C25H27N3O5S2/c1-3-20-6-4-5-15-28(20)35(31,32)21-13-11-18(12-14-21)23(29)27-25-26-22(16-34-25)17-7-9-19(10-8-17)24(30)33-2/h7-14,16,20H,3-6,15H2,1-2H3,(H,26,27,29). The maximum atomic E-state index is 13.1. The molecule has 0 radical (unpaired) electrons. The molecule has 0 spiro atoms. The lowest BCUT2D eigenvalue weighted by Gasteiger charge is -2.34. The zero-order valence-electron chi connectivity index (χ0n) is 19.6. The first-order valence-corrected chi connectivity index (χ1v) is 13.7. The number of carbonyl (C=O) groups is 2. The second-order valence-corrected chi connectivity index (χ2v) is 11.0. The van der Waals surface area contributed by atoms with E-state index in [1.165, 1.54) is 42.7 Å². The van der Waals surface area contributed by atoms with Gasteiger partial charge in [-0.05, 0) is 55.7 Å². The Morgan fingerprint density at radius 2 is 1.77 bits per heavy atom. The molecule has 1 amide bonds. The minimum atomic E-state index is -3.60. The number of hydrogen-bond donors (Lipinski definition) is 1. The van der Waals surface area contributed by atoms with Gasteiger partial charge in [0.1, 0.15) is 0 Å². The highest BCUT2D eigenvalue weighted by molar-refractivity contribution is 7.89. The summed E-state index contributed by atoms with van der Waals surface area (Å²) in [7, 11) is -2.27. The highest BCUT2D eigenvalue weighted by atomic mass is 32.2. The summed E-state index contributed by atoms with van der Waals surface area (Å²) in [6, 6.07) is 12.9. The molecule has 35 heavy (non-hydrogen) atoms. The Morgan fingerprint density at radius 3 is 2.43 bits per heavy atom. The number of nitrogens with one attached hydrogen (secondary N) is 1. The number of aromatic nitrogens is 1. The molecule has 4 rings (SSSR count). The van der Waals surface area contributed by atoms with E-state index in [0.717, 1.165) is 31.2 Å². The summed E-state index contributed by atoms with van der Waals surface area (Å²) in [4.78, 5) is 28.9. The largest absolute Gasteiger partial charge is 0.465 e. The van der Waals surface area contributed by atoms with Gasteiger partial charge in [-0.1, -0.05) is 25.5 Å². The van der Waals surface area contributed by atoms with Gasteiger partial charge in [-0.15, -0.1) is 11.3 Å². The Hall–Kier alpha value is -3.08. The van der Waals surface area contributed by atoms with Crippen LogP contribution in [0.2, 0.25) is 0 Å². The van der Waals surface area contributed by atoms with Crippen LogP contribution in [0.15, 0.2) is 58.8 Å². The smallest absolute Gasteiger partial charge is 0.337 e. The van der Waals surface area contributed by atoms with Crippen molar-refractivity contribution in [3.63, 3.8) is 0 Å². The predicted molar refractivity (Wildman–Crippen MR) is 135 cm³/mol. The van der Waals surface area contributed by atoms with Gasteiger partial charge in [0.15, 0.2) is 5.13 Å². The van der Waals surface area contributed by atoms with Gasteiger partial charge in [-0.3, -0.25) is 10.1 Å². The quantitative estimate of drug-likeness (QED) is 0.455. The van der Waals surface area contributed by atoms with Crippen molar-refractivity contribution in [1.82, 2.24) is 9.29 Å². The van der Waals surface area contributed by atoms with E-state index in [1.807, 2.05) is 6.92 Å². The van der Waals surface area contributed by atoms with Gasteiger partial charge in [-0.25, -0.2) is 18.2 Å². The molecule has 1 unspecified atom stereocenters. The Balaban J connectivity index is 1.44. The van der Waals surface area contributed by atoms with Gasteiger partial charge in [0.2, 0.25) is 10.0 Å². The van der Waals surface area contributed by atoms with E-state index < -0.39 is 16.0 Å². The van der Waals surface area contributed by atoms with E-state index in [4.69, 9.17) is 4.74 Å². The van der Waals surface area contributed by atoms with Crippen molar-refractivity contribution >= 4 is 38.4 Å². The monoisotopic (exact) mass is 513 g/mol. The molecule has 8 nitrogen and oxygen atoms in total. The van der Waals surface area contributed by atoms with Gasteiger partial charge in [-0.2, -0.15) is 4.31 Å². The molecule has 10 heteroatoms. The number of ether oxygens (including phenoxy) is 1. The van der Waals surface area contributed by atoms with Crippen molar-refractivity contribution in [3.8, 4) is 11.3 Å².